The van der Waals surface area contributed by atoms with Crippen molar-refractivity contribution in [2.75, 3.05) is 20.8 Å². The smallest absolute Gasteiger partial charge is 0.335 e. The quantitative estimate of drug-likeness (QED) is 0.275. The Morgan fingerprint density at radius 2 is 1.78 bits per heavy atom. The number of carboxylic acid groups (broad SMARTS) is 1. The van der Waals surface area contributed by atoms with Crippen molar-refractivity contribution in [3.63, 3.8) is 0 Å². The van der Waals surface area contributed by atoms with Gasteiger partial charge in [0.05, 0.1) is 25.5 Å². The van der Waals surface area contributed by atoms with Crippen molar-refractivity contribution in [1.29, 1.82) is 0 Å². The van der Waals surface area contributed by atoms with Gasteiger partial charge in [-0.3, -0.25) is 0 Å². The molecule has 1 N–H and O–H groups in total. The van der Waals surface area contributed by atoms with Gasteiger partial charge in [-0.25, -0.2) is 9.78 Å². The zero-order valence-electron chi connectivity index (χ0n) is 20.9. The Labute approximate surface area is 220 Å². The largest absolute Gasteiger partial charge is 0.493 e. The third kappa shape index (κ3) is 4.56. The van der Waals surface area contributed by atoms with E-state index in [0.29, 0.717) is 12.3 Å². The van der Waals surface area contributed by atoms with E-state index in [1.165, 1.54) is 11.1 Å². The van der Waals surface area contributed by atoms with E-state index in [1.54, 1.807) is 32.5 Å². The SMILES string of the molecule is COc1cc2c(cc1OC)CN(C(=S)/C=C/c1c(-c3ccc(C(=O)O)cc3)n(C)c3ncccc13)CC2. The maximum atomic E-state index is 11.3. The van der Waals surface area contributed by atoms with Gasteiger partial charge in [0.1, 0.15) is 10.6 Å². The van der Waals surface area contributed by atoms with Gasteiger partial charge in [-0.2, -0.15) is 0 Å². The third-order valence-electron chi connectivity index (χ3n) is 6.81. The topological polar surface area (TPSA) is 76.8 Å². The van der Waals surface area contributed by atoms with Crippen molar-refractivity contribution in [2.45, 2.75) is 13.0 Å². The molecule has 0 spiro atoms. The molecular weight excluding hydrogens is 486 g/mol. The maximum absolute atomic E-state index is 11.3. The van der Waals surface area contributed by atoms with E-state index in [9.17, 15) is 9.90 Å². The summed E-state index contributed by atoms with van der Waals surface area (Å²) in [5, 5.41) is 10.3. The molecule has 2 aromatic carbocycles. The number of methoxy groups -OCH3 is 2. The summed E-state index contributed by atoms with van der Waals surface area (Å²) in [5.74, 6) is 0.506. The van der Waals surface area contributed by atoms with Crippen molar-refractivity contribution in [2.24, 2.45) is 7.05 Å². The molecule has 188 valence electrons. The van der Waals surface area contributed by atoms with Gasteiger partial charge in [-0.1, -0.05) is 24.4 Å². The summed E-state index contributed by atoms with van der Waals surface area (Å²) in [7, 11) is 5.26. The van der Waals surface area contributed by atoms with E-state index in [0.717, 1.165) is 51.6 Å². The lowest BCUT2D eigenvalue weighted by molar-refractivity contribution is 0.0697. The van der Waals surface area contributed by atoms with Crippen LogP contribution < -0.4 is 9.47 Å². The molecule has 37 heavy (non-hydrogen) atoms. The predicted molar refractivity (Wildman–Crippen MR) is 148 cm³/mol. The highest BCUT2D eigenvalue weighted by Crippen LogP contribution is 2.35. The van der Waals surface area contributed by atoms with Crippen LogP contribution in [0, 0.1) is 0 Å². The van der Waals surface area contributed by atoms with Gasteiger partial charge in [-0.05, 0) is 71.7 Å². The van der Waals surface area contributed by atoms with Crippen LogP contribution >= 0.6 is 12.2 Å². The number of aryl methyl sites for hydroxylation is 1. The van der Waals surface area contributed by atoms with Crippen LogP contribution in [-0.2, 0) is 20.0 Å². The van der Waals surface area contributed by atoms with Crippen LogP contribution in [0.3, 0.4) is 0 Å². The third-order valence-corrected chi connectivity index (χ3v) is 7.21. The second-order valence-corrected chi connectivity index (χ2v) is 9.32. The Kier molecular flexibility index (Phi) is 6.67. The maximum Gasteiger partial charge on any atom is 0.335 e. The molecule has 8 heteroatoms. The molecule has 0 aliphatic carbocycles. The lowest BCUT2D eigenvalue weighted by atomic mass is 9.98. The van der Waals surface area contributed by atoms with Gasteiger partial charge in [0.25, 0.3) is 0 Å². The Bertz CT molecular complexity index is 1540. The molecule has 2 aromatic heterocycles. The molecule has 3 heterocycles. The molecule has 1 aliphatic rings. The van der Waals surface area contributed by atoms with Gasteiger partial charge in [0.2, 0.25) is 0 Å². The van der Waals surface area contributed by atoms with Crippen LogP contribution in [0.5, 0.6) is 11.5 Å². The number of ether oxygens (including phenoxy) is 2. The van der Waals surface area contributed by atoms with Gasteiger partial charge in [0.15, 0.2) is 11.5 Å². The van der Waals surface area contributed by atoms with Crippen molar-refractivity contribution in [3.05, 3.63) is 83.1 Å². The number of carboxylic acids is 1. The highest BCUT2D eigenvalue weighted by molar-refractivity contribution is 7.80. The highest BCUT2D eigenvalue weighted by atomic mass is 32.1. The first-order valence-electron chi connectivity index (χ1n) is 11.9. The molecule has 0 saturated carbocycles. The Balaban J connectivity index is 1.47. The summed E-state index contributed by atoms with van der Waals surface area (Å²) >= 11 is 5.84. The average Bonchev–Trinajstić information content (AvgIpc) is 3.21. The summed E-state index contributed by atoms with van der Waals surface area (Å²) in [6.07, 6.45) is 6.64. The summed E-state index contributed by atoms with van der Waals surface area (Å²) in [4.78, 5) is 18.8. The van der Waals surface area contributed by atoms with E-state index in [1.807, 2.05) is 54.1 Å². The molecular formula is C29H27N3O4S. The number of benzene rings is 2. The minimum absolute atomic E-state index is 0.249. The molecule has 0 radical (unpaired) electrons. The number of carbonyl (C=O) groups is 1. The first-order valence-corrected chi connectivity index (χ1v) is 12.3. The van der Waals surface area contributed by atoms with E-state index in [-0.39, 0.29) is 5.56 Å². The summed E-state index contributed by atoms with van der Waals surface area (Å²) in [6.45, 7) is 1.51. The fraction of sp³-hybridized carbons (Fsp3) is 0.207. The number of thiocarbonyl (C=S) groups is 1. The molecule has 1 aliphatic heterocycles. The van der Waals surface area contributed by atoms with Crippen molar-refractivity contribution in [3.8, 4) is 22.8 Å². The molecule has 0 fully saturated rings. The standard InChI is InChI=1S/C29H27N3O4S/c1-31-27(18-6-8-19(9-7-18)29(33)34)22(23-5-4-13-30-28(23)31)10-11-26(37)32-14-12-20-15-24(35-2)25(36-3)16-21(20)17-32/h4-11,13,15-16H,12,14,17H2,1-3H3,(H,33,34)/b11-10+. The normalized spacial score (nSPS) is 13.1. The van der Waals surface area contributed by atoms with E-state index >= 15 is 0 Å². The first kappa shape index (κ1) is 24.5. The van der Waals surface area contributed by atoms with Crippen LogP contribution in [0.15, 0.2) is 60.8 Å². The second kappa shape index (κ2) is 10.1. The van der Waals surface area contributed by atoms with Crippen molar-refractivity contribution in [1.82, 2.24) is 14.5 Å². The van der Waals surface area contributed by atoms with Crippen LogP contribution in [0.4, 0.5) is 0 Å². The molecule has 0 atom stereocenters. The Hall–Kier alpha value is -4.17. The Morgan fingerprint density at radius 1 is 1.08 bits per heavy atom. The average molecular weight is 514 g/mol. The van der Waals surface area contributed by atoms with Crippen LogP contribution in [0.1, 0.15) is 27.0 Å². The minimum Gasteiger partial charge on any atom is -0.493 e. The molecule has 5 rings (SSSR count). The second-order valence-electron chi connectivity index (χ2n) is 8.90. The number of pyridine rings is 1. The fourth-order valence-corrected chi connectivity index (χ4v) is 5.13. The molecule has 0 unspecified atom stereocenters. The van der Waals surface area contributed by atoms with E-state index < -0.39 is 5.97 Å². The molecule has 0 bridgehead atoms. The molecule has 0 amide bonds. The van der Waals surface area contributed by atoms with Gasteiger partial charge in [0, 0.05) is 37.3 Å². The summed E-state index contributed by atoms with van der Waals surface area (Å²) in [5.41, 5.74) is 6.35. The van der Waals surface area contributed by atoms with Crippen molar-refractivity contribution >= 4 is 40.3 Å². The zero-order chi connectivity index (χ0) is 26.1. The monoisotopic (exact) mass is 513 g/mol. The first-order chi connectivity index (χ1) is 17.9. The van der Waals surface area contributed by atoms with E-state index in [2.05, 4.69) is 16.0 Å². The number of rotatable bonds is 6. The molecule has 0 saturated heterocycles. The number of hydrogen-bond acceptors (Lipinski definition) is 5. The number of hydrogen-bond donors (Lipinski definition) is 1. The van der Waals surface area contributed by atoms with Crippen molar-refractivity contribution < 1.29 is 19.4 Å². The lowest BCUT2D eigenvalue weighted by Crippen LogP contribution is -2.33. The van der Waals surface area contributed by atoms with Crippen LogP contribution in [0.2, 0.25) is 0 Å². The van der Waals surface area contributed by atoms with Crippen LogP contribution in [-0.4, -0.2) is 51.3 Å². The number of nitrogens with zero attached hydrogens (tertiary/aromatic N) is 3. The summed E-state index contributed by atoms with van der Waals surface area (Å²) < 4.78 is 13.0. The van der Waals surface area contributed by atoms with Gasteiger partial charge >= 0.3 is 5.97 Å². The molecule has 7 nitrogen and oxygen atoms in total. The lowest BCUT2D eigenvalue weighted by Gasteiger charge is -2.30. The van der Waals surface area contributed by atoms with Crippen LogP contribution in [0.25, 0.3) is 28.4 Å². The fourth-order valence-electron chi connectivity index (χ4n) is 4.91. The highest BCUT2D eigenvalue weighted by Gasteiger charge is 2.21. The Morgan fingerprint density at radius 3 is 2.46 bits per heavy atom. The minimum atomic E-state index is -0.949. The van der Waals surface area contributed by atoms with Gasteiger partial charge < -0.3 is 24.0 Å². The number of aromatic carboxylic acids is 1. The summed E-state index contributed by atoms with van der Waals surface area (Å²) in [6, 6.07) is 14.9. The molecule has 4 aromatic rings. The number of fused-ring (bicyclic) bond motifs is 2. The predicted octanol–water partition coefficient (Wildman–Crippen LogP) is 5.35. The zero-order valence-corrected chi connectivity index (χ0v) is 21.7. The van der Waals surface area contributed by atoms with E-state index in [4.69, 9.17) is 21.7 Å². The number of aromatic nitrogens is 2. The van der Waals surface area contributed by atoms with Gasteiger partial charge in [-0.15, -0.1) is 0 Å².